The van der Waals surface area contributed by atoms with Gasteiger partial charge in [0.05, 0.1) is 6.54 Å². The summed E-state index contributed by atoms with van der Waals surface area (Å²) in [6.07, 6.45) is 0.857. The van der Waals surface area contributed by atoms with Crippen molar-refractivity contribution < 1.29 is 13.7 Å². The highest BCUT2D eigenvalue weighted by Crippen LogP contribution is 2.17. The molecule has 4 rings (SSSR count). The van der Waals surface area contributed by atoms with Crippen molar-refractivity contribution in [2.24, 2.45) is 0 Å². The van der Waals surface area contributed by atoms with Gasteiger partial charge in [0.15, 0.2) is 5.82 Å². The summed E-state index contributed by atoms with van der Waals surface area (Å²) in [6.45, 7) is 3.44. The van der Waals surface area contributed by atoms with Gasteiger partial charge in [0, 0.05) is 37.3 Å². The maximum Gasteiger partial charge on any atom is 0.257 e. The number of hydrogen-bond acceptors (Lipinski definition) is 5. The van der Waals surface area contributed by atoms with Crippen molar-refractivity contribution in [3.63, 3.8) is 0 Å². The zero-order valence-electron chi connectivity index (χ0n) is 15.4. The van der Waals surface area contributed by atoms with E-state index in [1.807, 2.05) is 35.2 Å². The number of rotatable bonds is 4. The van der Waals surface area contributed by atoms with Gasteiger partial charge in [0.2, 0.25) is 0 Å². The highest BCUT2D eigenvalue weighted by molar-refractivity contribution is 5.94. The molecule has 1 aliphatic heterocycles. The maximum atomic E-state index is 13.1. The number of nitrogens with zero attached hydrogens (tertiary/aromatic N) is 4. The van der Waals surface area contributed by atoms with E-state index in [0.717, 1.165) is 25.1 Å². The summed E-state index contributed by atoms with van der Waals surface area (Å²) in [5, 5.41) is 4.08. The lowest BCUT2D eigenvalue weighted by Crippen LogP contribution is -2.35. The molecule has 2 aromatic carbocycles. The van der Waals surface area contributed by atoms with Gasteiger partial charge in [0.25, 0.3) is 11.8 Å². The third-order valence-corrected chi connectivity index (χ3v) is 4.82. The molecule has 1 saturated heterocycles. The van der Waals surface area contributed by atoms with Gasteiger partial charge in [-0.2, -0.15) is 4.98 Å². The molecular weight excluding hydrogens is 359 g/mol. The van der Waals surface area contributed by atoms with Gasteiger partial charge in [-0.15, -0.1) is 0 Å². The summed E-state index contributed by atoms with van der Waals surface area (Å²) in [7, 11) is 0. The summed E-state index contributed by atoms with van der Waals surface area (Å²) in [5.41, 5.74) is 1.41. The van der Waals surface area contributed by atoms with Crippen LogP contribution in [0.15, 0.2) is 59.1 Å². The van der Waals surface area contributed by atoms with Crippen molar-refractivity contribution in [2.45, 2.75) is 13.0 Å². The van der Waals surface area contributed by atoms with E-state index in [-0.39, 0.29) is 11.7 Å². The van der Waals surface area contributed by atoms with Crippen molar-refractivity contribution >= 4 is 5.91 Å². The first-order valence-corrected chi connectivity index (χ1v) is 9.34. The van der Waals surface area contributed by atoms with Gasteiger partial charge in [-0.3, -0.25) is 9.69 Å². The minimum absolute atomic E-state index is 0.0622. The van der Waals surface area contributed by atoms with Gasteiger partial charge >= 0.3 is 0 Å². The second kappa shape index (κ2) is 8.31. The zero-order valence-corrected chi connectivity index (χ0v) is 15.4. The van der Waals surface area contributed by atoms with Crippen LogP contribution in [0.3, 0.4) is 0 Å². The first kappa shape index (κ1) is 18.3. The fraction of sp³-hybridized carbons (Fsp3) is 0.286. The second-order valence-electron chi connectivity index (χ2n) is 6.81. The molecule has 0 bridgehead atoms. The van der Waals surface area contributed by atoms with Gasteiger partial charge in [-0.1, -0.05) is 23.4 Å². The van der Waals surface area contributed by atoms with E-state index in [4.69, 9.17) is 4.52 Å². The highest BCUT2D eigenvalue weighted by atomic mass is 19.1. The Kier molecular flexibility index (Phi) is 5.43. The van der Waals surface area contributed by atoms with E-state index in [9.17, 15) is 9.18 Å². The van der Waals surface area contributed by atoms with Crippen LogP contribution >= 0.6 is 0 Å². The quantitative estimate of drug-likeness (QED) is 0.695. The van der Waals surface area contributed by atoms with Crippen LogP contribution in [0.5, 0.6) is 0 Å². The van der Waals surface area contributed by atoms with Crippen molar-refractivity contribution in [1.29, 1.82) is 0 Å². The molecule has 1 fully saturated rings. The first-order valence-electron chi connectivity index (χ1n) is 9.34. The van der Waals surface area contributed by atoms with Crippen LogP contribution in [0.25, 0.3) is 11.5 Å². The van der Waals surface area contributed by atoms with E-state index in [1.54, 1.807) is 0 Å². The molecule has 1 aliphatic rings. The van der Waals surface area contributed by atoms with E-state index >= 15 is 0 Å². The molecule has 3 aromatic rings. The lowest BCUT2D eigenvalue weighted by atomic mass is 10.2. The Morgan fingerprint density at radius 3 is 2.57 bits per heavy atom. The molecule has 0 N–H and O–H groups in total. The number of carbonyl (C=O) groups is 1. The average Bonchev–Trinajstić information content (AvgIpc) is 3.07. The second-order valence-corrected chi connectivity index (χ2v) is 6.81. The van der Waals surface area contributed by atoms with Gasteiger partial charge in [-0.25, -0.2) is 4.39 Å². The van der Waals surface area contributed by atoms with Crippen LogP contribution < -0.4 is 0 Å². The number of aromatic nitrogens is 2. The Bertz CT molecular complexity index is 927. The smallest absolute Gasteiger partial charge is 0.257 e. The Labute approximate surface area is 162 Å². The molecular formula is C21H21FN4O2. The van der Waals surface area contributed by atoms with Gasteiger partial charge < -0.3 is 9.42 Å². The molecule has 0 atom stereocenters. The minimum Gasteiger partial charge on any atom is -0.337 e. The fourth-order valence-corrected chi connectivity index (χ4v) is 3.32. The van der Waals surface area contributed by atoms with Crippen LogP contribution in [-0.4, -0.2) is 52.0 Å². The maximum absolute atomic E-state index is 13.1. The Hall–Kier alpha value is -3.06. The number of carbonyl (C=O) groups excluding carboxylic acids is 1. The molecule has 0 unspecified atom stereocenters. The number of halogens is 1. The summed E-state index contributed by atoms with van der Waals surface area (Å²) >= 11 is 0. The zero-order chi connectivity index (χ0) is 19.3. The minimum atomic E-state index is -0.339. The third kappa shape index (κ3) is 4.26. The Morgan fingerprint density at radius 2 is 1.79 bits per heavy atom. The van der Waals surface area contributed by atoms with Crippen LogP contribution in [-0.2, 0) is 6.54 Å². The van der Waals surface area contributed by atoms with E-state index < -0.39 is 0 Å². The largest absolute Gasteiger partial charge is 0.337 e. The molecule has 144 valence electrons. The summed E-state index contributed by atoms with van der Waals surface area (Å²) in [5.74, 6) is 0.747. The lowest BCUT2D eigenvalue weighted by Gasteiger charge is -2.21. The van der Waals surface area contributed by atoms with Crippen molar-refractivity contribution in [1.82, 2.24) is 19.9 Å². The third-order valence-electron chi connectivity index (χ3n) is 4.82. The molecule has 1 aromatic heterocycles. The number of hydrogen-bond donors (Lipinski definition) is 0. The van der Waals surface area contributed by atoms with E-state index in [2.05, 4.69) is 15.0 Å². The molecule has 7 heteroatoms. The van der Waals surface area contributed by atoms with E-state index in [1.165, 1.54) is 24.3 Å². The monoisotopic (exact) mass is 380 g/mol. The first-order chi connectivity index (χ1) is 13.7. The topological polar surface area (TPSA) is 62.5 Å². The van der Waals surface area contributed by atoms with Crippen molar-refractivity contribution in [2.75, 3.05) is 26.2 Å². The van der Waals surface area contributed by atoms with Gasteiger partial charge in [-0.05, 0) is 42.8 Å². The normalized spacial score (nSPS) is 15.4. The molecule has 0 radical (unpaired) electrons. The van der Waals surface area contributed by atoms with E-state index in [0.29, 0.717) is 36.9 Å². The molecule has 2 heterocycles. The fourth-order valence-electron chi connectivity index (χ4n) is 3.32. The van der Waals surface area contributed by atoms with Crippen LogP contribution in [0.2, 0.25) is 0 Å². The molecule has 28 heavy (non-hydrogen) atoms. The highest BCUT2D eigenvalue weighted by Gasteiger charge is 2.21. The number of benzene rings is 2. The summed E-state index contributed by atoms with van der Waals surface area (Å²) < 4.78 is 18.4. The molecule has 0 spiro atoms. The summed E-state index contributed by atoms with van der Waals surface area (Å²) in [4.78, 5) is 21.2. The molecule has 0 saturated carbocycles. The van der Waals surface area contributed by atoms with Crippen LogP contribution in [0.1, 0.15) is 22.6 Å². The average molecular weight is 380 g/mol. The van der Waals surface area contributed by atoms with Crippen LogP contribution in [0, 0.1) is 5.82 Å². The predicted molar refractivity (Wildman–Crippen MR) is 102 cm³/mol. The van der Waals surface area contributed by atoms with Crippen molar-refractivity contribution in [3.8, 4) is 11.5 Å². The standard InChI is InChI=1S/C21H21FN4O2/c22-18-9-7-17(8-10-18)21(27)26-12-4-11-25(13-14-26)15-19-23-20(28-24-19)16-5-2-1-3-6-16/h1-3,5-10H,4,11-15H2. The lowest BCUT2D eigenvalue weighted by molar-refractivity contribution is 0.0761. The SMILES string of the molecule is O=C(c1ccc(F)cc1)N1CCCN(Cc2noc(-c3ccccc3)n2)CC1. The Balaban J connectivity index is 1.36. The molecule has 0 aliphatic carbocycles. The van der Waals surface area contributed by atoms with Crippen LogP contribution in [0.4, 0.5) is 4.39 Å². The van der Waals surface area contributed by atoms with Crippen molar-refractivity contribution in [3.05, 3.63) is 71.8 Å². The predicted octanol–water partition coefficient (Wildman–Crippen LogP) is 3.22. The van der Waals surface area contributed by atoms with Gasteiger partial charge in [0.1, 0.15) is 5.82 Å². The molecule has 1 amide bonds. The Morgan fingerprint density at radius 1 is 1.00 bits per heavy atom. The molecule has 6 nitrogen and oxygen atoms in total. The number of amides is 1. The summed E-state index contributed by atoms with van der Waals surface area (Å²) in [6, 6.07) is 15.4.